The molecule has 0 aromatic carbocycles. The lowest BCUT2D eigenvalue weighted by Crippen LogP contribution is -2.48. The molecule has 1 unspecified atom stereocenters. The third-order valence-electron chi connectivity index (χ3n) is 3.20. The number of hydrogen-bond acceptors (Lipinski definition) is 5. The Bertz CT molecular complexity index is 736. The molecule has 3 heterocycles. The van der Waals surface area contributed by atoms with Crippen LogP contribution in [0.15, 0.2) is 23.9 Å². The number of rotatable bonds is 3. The molecule has 9 nitrogen and oxygen atoms in total. The minimum atomic E-state index is -3.95. The van der Waals surface area contributed by atoms with Gasteiger partial charge in [-0.15, -0.1) is 0 Å². The number of H-pyrrole nitrogens is 2. The third-order valence-corrected chi connectivity index (χ3v) is 4.98. The maximum absolute atomic E-state index is 12.5. The predicted molar refractivity (Wildman–Crippen MR) is 65.0 cm³/mol. The van der Waals surface area contributed by atoms with Crippen molar-refractivity contribution in [2.24, 2.45) is 0 Å². The van der Waals surface area contributed by atoms with Crippen LogP contribution in [0.3, 0.4) is 0 Å². The average Bonchev–Trinajstić information content (AvgIpc) is 3.08. The maximum atomic E-state index is 12.5. The fourth-order valence-corrected chi connectivity index (χ4v) is 3.63. The van der Waals surface area contributed by atoms with E-state index >= 15 is 0 Å². The molecule has 2 aromatic rings. The van der Waals surface area contributed by atoms with Crippen molar-refractivity contribution in [2.45, 2.75) is 24.0 Å². The molecule has 0 radical (unpaired) electrons. The molecular weight excluding hydrogens is 286 g/mol. The number of nitrogens with zero attached hydrogens (tertiary/aromatic N) is 3. The molecule has 20 heavy (non-hydrogen) atoms. The lowest BCUT2D eigenvalue weighted by Gasteiger charge is -2.30. The second-order valence-electron chi connectivity index (χ2n) is 4.35. The summed E-state index contributed by atoms with van der Waals surface area (Å²) >= 11 is 0. The lowest BCUT2D eigenvalue weighted by molar-refractivity contribution is -0.141. The first-order chi connectivity index (χ1) is 9.50. The first-order valence-corrected chi connectivity index (χ1v) is 7.18. The Kier molecular flexibility index (Phi) is 2.83. The molecule has 1 aliphatic heterocycles. The fraction of sp³-hybridized carbons (Fsp3) is 0.300. The van der Waals surface area contributed by atoms with E-state index in [0.29, 0.717) is 11.4 Å². The SMILES string of the molecule is O=C(O)C1Cc2nc[nH]c2CN1S(=O)(=O)c1cnc[nH]1. The van der Waals surface area contributed by atoms with Gasteiger partial charge in [-0.2, -0.15) is 4.31 Å². The zero-order chi connectivity index (χ0) is 14.3. The van der Waals surface area contributed by atoms with Crippen LogP contribution < -0.4 is 0 Å². The largest absolute Gasteiger partial charge is 0.480 e. The van der Waals surface area contributed by atoms with Gasteiger partial charge in [0.15, 0.2) is 5.03 Å². The lowest BCUT2D eigenvalue weighted by atomic mass is 10.1. The molecule has 106 valence electrons. The minimum Gasteiger partial charge on any atom is -0.480 e. The highest BCUT2D eigenvalue weighted by molar-refractivity contribution is 7.89. The van der Waals surface area contributed by atoms with E-state index in [-0.39, 0.29) is 18.0 Å². The summed E-state index contributed by atoms with van der Waals surface area (Å²) in [6, 6.07) is -1.18. The topological polar surface area (TPSA) is 132 Å². The minimum absolute atomic E-state index is 0.0293. The van der Waals surface area contributed by atoms with Gasteiger partial charge in [-0.3, -0.25) is 4.79 Å². The molecule has 0 aliphatic carbocycles. The van der Waals surface area contributed by atoms with Gasteiger partial charge in [-0.25, -0.2) is 18.4 Å². The standard InChI is InChI=1S/C10H11N5O4S/c16-10(17)8-1-6-7(13-5-12-6)3-15(8)20(18,19)9-2-11-4-14-9/h2,4-5,8H,1,3H2,(H,11,14)(H,12,13)(H,16,17). The van der Waals surface area contributed by atoms with Crippen LogP contribution >= 0.6 is 0 Å². The van der Waals surface area contributed by atoms with Gasteiger partial charge in [0.05, 0.1) is 36.8 Å². The van der Waals surface area contributed by atoms with E-state index in [2.05, 4.69) is 19.9 Å². The highest BCUT2D eigenvalue weighted by Crippen LogP contribution is 2.26. The van der Waals surface area contributed by atoms with Crippen LogP contribution in [0.25, 0.3) is 0 Å². The fourth-order valence-electron chi connectivity index (χ4n) is 2.19. The molecule has 0 amide bonds. The Hall–Kier alpha value is -2.20. The number of aromatic amines is 2. The second-order valence-corrected chi connectivity index (χ2v) is 6.21. The molecule has 1 aliphatic rings. The molecular formula is C10H11N5O4S. The smallest absolute Gasteiger partial charge is 0.322 e. The molecule has 0 bridgehead atoms. The normalized spacial score (nSPS) is 19.7. The number of carboxylic acids is 1. The van der Waals surface area contributed by atoms with Crippen molar-refractivity contribution >= 4 is 16.0 Å². The van der Waals surface area contributed by atoms with Gasteiger partial charge in [0.1, 0.15) is 6.04 Å². The van der Waals surface area contributed by atoms with Crippen LogP contribution in [-0.4, -0.2) is 49.8 Å². The second kappa shape index (κ2) is 4.42. The Morgan fingerprint density at radius 1 is 1.40 bits per heavy atom. The number of nitrogens with one attached hydrogen (secondary N) is 2. The van der Waals surface area contributed by atoms with Crippen molar-refractivity contribution in [1.29, 1.82) is 0 Å². The van der Waals surface area contributed by atoms with E-state index in [1.54, 1.807) is 0 Å². The van der Waals surface area contributed by atoms with Crippen molar-refractivity contribution < 1.29 is 18.3 Å². The Balaban J connectivity index is 2.05. The molecule has 0 saturated heterocycles. The van der Waals surface area contributed by atoms with E-state index in [1.807, 2.05) is 0 Å². The summed E-state index contributed by atoms with van der Waals surface area (Å²) in [5.41, 5.74) is 1.18. The Labute approximate surface area is 113 Å². The van der Waals surface area contributed by atoms with Crippen molar-refractivity contribution in [2.75, 3.05) is 0 Å². The highest BCUT2D eigenvalue weighted by Gasteiger charge is 2.41. The number of imidazole rings is 2. The first-order valence-electron chi connectivity index (χ1n) is 5.74. The molecule has 10 heteroatoms. The molecule has 0 saturated carbocycles. The summed E-state index contributed by atoms with van der Waals surface area (Å²) in [4.78, 5) is 24.3. The molecule has 3 N–H and O–H groups in total. The zero-order valence-corrected chi connectivity index (χ0v) is 11.0. The number of aliphatic carboxylic acids is 1. The Morgan fingerprint density at radius 3 is 2.85 bits per heavy atom. The van der Waals surface area contributed by atoms with Crippen LogP contribution in [0.5, 0.6) is 0 Å². The summed E-state index contributed by atoms with van der Waals surface area (Å²) < 4.78 is 25.8. The van der Waals surface area contributed by atoms with Crippen molar-refractivity contribution in [3.05, 3.63) is 30.2 Å². The van der Waals surface area contributed by atoms with Crippen molar-refractivity contribution in [1.82, 2.24) is 24.2 Å². The number of carbonyl (C=O) groups is 1. The quantitative estimate of drug-likeness (QED) is 0.688. The average molecular weight is 297 g/mol. The van der Waals surface area contributed by atoms with E-state index in [0.717, 1.165) is 10.5 Å². The molecule has 0 spiro atoms. The van der Waals surface area contributed by atoms with Crippen molar-refractivity contribution in [3.63, 3.8) is 0 Å². The maximum Gasteiger partial charge on any atom is 0.322 e. The summed E-state index contributed by atoms with van der Waals surface area (Å²) in [6.07, 6.45) is 3.84. The first kappa shape index (κ1) is 12.8. The van der Waals surface area contributed by atoms with E-state index < -0.39 is 22.0 Å². The highest BCUT2D eigenvalue weighted by atomic mass is 32.2. The number of fused-ring (bicyclic) bond motifs is 1. The van der Waals surface area contributed by atoms with Gasteiger partial charge in [0, 0.05) is 6.42 Å². The van der Waals surface area contributed by atoms with Gasteiger partial charge >= 0.3 is 5.97 Å². The van der Waals surface area contributed by atoms with E-state index in [9.17, 15) is 18.3 Å². The summed E-state index contributed by atoms with van der Waals surface area (Å²) in [5, 5.41) is 9.13. The Morgan fingerprint density at radius 2 is 2.20 bits per heavy atom. The van der Waals surface area contributed by atoms with Crippen LogP contribution in [-0.2, 0) is 27.8 Å². The summed E-state index contributed by atoms with van der Waals surface area (Å²) in [7, 11) is -3.95. The number of carboxylic acid groups (broad SMARTS) is 1. The van der Waals surface area contributed by atoms with Crippen LogP contribution in [0.4, 0.5) is 0 Å². The van der Waals surface area contributed by atoms with Crippen LogP contribution in [0.2, 0.25) is 0 Å². The van der Waals surface area contributed by atoms with Gasteiger partial charge in [-0.05, 0) is 0 Å². The third kappa shape index (κ3) is 1.89. The molecule has 3 rings (SSSR count). The number of sulfonamides is 1. The number of hydrogen-bond donors (Lipinski definition) is 3. The molecule has 0 fully saturated rings. The summed E-state index contributed by atoms with van der Waals surface area (Å²) in [6.45, 7) is -0.0619. The van der Waals surface area contributed by atoms with E-state index in [1.165, 1.54) is 12.7 Å². The predicted octanol–water partition coefficient (Wildman–Crippen LogP) is -0.667. The molecule has 1 atom stereocenters. The van der Waals surface area contributed by atoms with Gasteiger partial charge < -0.3 is 15.1 Å². The number of aromatic nitrogens is 4. The molecule has 2 aromatic heterocycles. The van der Waals surface area contributed by atoms with Gasteiger partial charge in [0.2, 0.25) is 0 Å². The van der Waals surface area contributed by atoms with Gasteiger partial charge in [-0.1, -0.05) is 0 Å². The zero-order valence-electron chi connectivity index (χ0n) is 10.1. The van der Waals surface area contributed by atoms with Crippen LogP contribution in [0.1, 0.15) is 11.4 Å². The van der Waals surface area contributed by atoms with Crippen LogP contribution in [0, 0.1) is 0 Å². The monoisotopic (exact) mass is 297 g/mol. The van der Waals surface area contributed by atoms with E-state index in [4.69, 9.17) is 0 Å². The van der Waals surface area contributed by atoms with Gasteiger partial charge in [0.25, 0.3) is 10.0 Å². The van der Waals surface area contributed by atoms with Crippen molar-refractivity contribution in [3.8, 4) is 0 Å². The summed E-state index contributed by atoms with van der Waals surface area (Å²) in [5.74, 6) is -1.21.